The van der Waals surface area contributed by atoms with Crippen LogP contribution in [0.3, 0.4) is 0 Å². The summed E-state index contributed by atoms with van der Waals surface area (Å²) in [4.78, 5) is 32.3. The number of rotatable bonds is 4. The number of aliphatic carboxylic acids is 2. The average Bonchev–Trinajstić information content (AvgIpc) is 2.58. The molecule has 1 saturated heterocycles. The van der Waals surface area contributed by atoms with E-state index in [2.05, 4.69) is 4.90 Å². The van der Waals surface area contributed by atoms with Crippen LogP contribution in [0.4, 0.5) is 0 Å². The number of piperidine rings is 1. The van der Waals surface area contributed by atoms with Crippen LogP contribution in [0.25, 0.3) is 0 Å². The minimum Gasteiger partial charge on any atom is -0.473 e. The molecular weight excluding hydrogens is 350 g/mol. The monoisotopic (exact) mass is 371 g/mol. The number of hydrogen-bond acceptors (Lipinski definition) is 5. The van der Waals surface area contributed by atoms with E-state index in [0.717, 1.165) is 37.5 Å². The molecule has 0 bridgehead atoms. The molecule has 8 heteroatoms. The number of hydrogen-bond donors (Lipinski definition) is 2. The molecule has 2 rings (SSSR count). The zero-order valence-corrected chi connectivity index (χ0v) is 14.7. The number of ether oxygens (including phenoxy) is 1. The molecule has 7 nitrogen and oxygen atoms in total. The Hall–Kier alpha value is -2.12. The van der Waals surface area contributed by atoms with E-state index in [1.54, 1.807) is 0 Å². The quantitative estimate of drug-likeness (QED) is 0.618. The number of benzene rings is 1. The van der Waals surface area contributed by atoms with Gasteiger partial charge in [0.25, 0.3) is 0 Å². The summed E-state index contributed by atoms with van der Waals surface area (Å²) in [5.41, 5.74) is 1.23. The molecule has 0 radical (unpaired) electrons. The summed E-state index contributed by atoms with van der Waals surface area (Å²) < 4.78 is 5.11. The molecule has 0 saturated carbocycles. The molecular formula is C17H22ClNO6. The fourth-order valence-electron chi connectivity index (χ4n) is 2.50. The van der Waals surface area contributed by atoms with Gasteiger partial charge in [-0.2, -0.15) is 0 Å². The van der Waals surface area contributed by atoms with Gasteiger partial charge >= 0.3 is 17.9 Å². The standard InChI is InChI=1S/C15H20ClNO2.C2H2O4/c1-2-19-15(18)13-4-3-9-17(11-13)10-12-5-7-14(16)8-6-12;3-1(4)2(5)6/h5-8,13H,2-4,9-11H2,1H3;(H,3,4)(H,5,6). The highest BCUT2D eigenvalue weighted by Gasteiger charge is 2.26. The molecule has 0 aromatic heterocycles. The third-order valence-electron chi connectivity index (χ3n) is 3.63. The van der Waals surface area contributed by atoms with Crippen LogP contribution in [0, 0.1) is 5.92 Å². The Morgan fingerprint density at radius 2 is 1.80 bits per heavy atom. The third-order valence-corrected chi connectivity index (χ3v) is 3.88. The molecule has 1 aliphatic rings. The second kappa shape index (κ2) is 10.7. The van der Waals surface area contributed by atoms with Crippen LogP contribution < -0.4 is 0 Å². The first kappa shape index (κ1) is 20.9. The summed E-state index contributed by atoms with van der Waals surface area (Å²) in [6.07, 6.45) is 1.99. The van der Waals surface area contributed by atoms with E-state index >= 15 is 0 Å². The lowest BCUT2D eigenvalue weighted by atomic mass is 9.98. The van der Waals surface area contributed by atoms with Crippen molar-refractivity contribution in [1.82, 2.24) is 4.90 Å². The van der Waals surface area contributed by atoms with E-state index < -0.39 is 11.9 Å². The second-order valence-corrected chi connectivity index (χ2v) is 6.00. The van der Waals surface area contributed by atoms with Crippen LogP contribution in [-0.2, 0) is 25.7 Å². The number of carboxylic acid groups (broad SMARTS) is 2. The first-order chi connectivity index (χ1) is 11.8. The molecule has 1 aromatic carbocycles. The predicted octanol–water partition coefficient (Wildman–Crippen LogP) is 2.27. The number of likely N-dealkylation sites (tertiary alicyclic amines) is 1. The molecule has 138 valence electrons. The average molecular weight is 372 g/mol. The van der Waals surface area contributed by atoms with E-state index in [1.165, 1.54) is 5.56 Å². The maximum atomic E-state index is 11.8. The largest absolute Gasteiger partial charge is 0.473 e. The second-order valence-electron chi connectivity index (χ2n) is 5.56. The van der Waals surface area contributed by atoms with Crippen molar-refractivity contribution in [2.45, 2.75) is 26.3 Å². The minimum absolute atomic E-state index is 0.0287. The van der Waals surface area contributed by atoms with Crippen molar-refractivity contribution in [2.24, 2.45) is 5.92 Å². The van der Waals surface area contributed by atoms with Crippen LogP contribution in [0.15, 0.2) is 24.3 Å². The number of carbonyl (C=O) groups excluding carboxylic acids is 1. The fourth-order valence-corrected chi connectivity index (χ4v) is 2.63. The van der Waals surface area contributed by atoms with E-state index in [-0.39, 0.29) is 11.9 Å². The number of halogens is 1. The van der Waals surface area contributed by atoms with Crippen molar-refractivity contribution in [1.29, 1.82) is 0 Å². The highest BCUT2D eigenvalue weighted by Crippen LogP contribution is 2.20. The molecule has 0 amide bonds. The first-order valence-corrected chi connectivity index (χ1v) is 8.31. The molecule has 1 heterocycles. The molecule has 0 spiro atoms. The maximum Gasteiger partial charge on any atom is 0.414 e. The maximum absolute atomic E-state index is 11.8. The molecule has 25 heavy (non-hydrogen) atoms. The Morgan fingerprint density at radius 1 is 1.20 bits per heavy atom. The summed E-state index contributed by atoms with van der Waals surface area (Å²) in [6, 6.07) is 7.89. The van der Waals surface area contributed by atoms with Gasteiger partial charge in [0.05, 0.1) is 12.5 Å². The van der Waals surface area contributed by atoms with Gasteiger partial charge in [-0.1, -0.05) is 23.7 Å². The summed E-state index contributed by atoms with van der Waals surface area (Å²) >= 11 is 5.88. The van der Waals surface area contributed by atoms with E-state index in [9.17, 15) is 4.79 Å². The van der Waals surface area contributed by atoms with Gasteiger partial charge in [-0.3, -0.25) is 9.69 Å². The SMILES string of the molecule is CCOC(=O)C1CCCN(Cc2ccc(Cl)cc2)C1.O=C(O)C(=O)O. The van der Waals surface area contributed by atoms with Gasteiger partial charge in [-0.05, 0) is 44.0 Å². The topological polar surface area (TPSA) is 104 Å². The highest BCUT2D eigenvalue weighted by atomic mass is 35.5. The van der Waals surface area contributed by atoms with Gasteiger partial charge in [0.1, 0.15) is 0 Å². The predicted molar refractivity (Wildman–Crippen MR) is 91.4 cm³/mol. The molecule has 2 N–H and O–H groups in total. The Morgan fingerprint density at radius 3 is 2.32 bits per heavy atom. The van der Waals surface area contributed by atoms with Gasteiger partial charge < -0.3 is 14.9 Å². The Bertz CT molecular complexity index is 577. The van der Waals surface area contributed by atoms with Crippen LogP contribution in [0.5, 0.6) is 0 Å². The zero-order chi connectivity index (χ0) is 18.8. The van der Waals surface area contributed by atoms with Gasteiger partial charge in [-0.25, -0.2) is 9.59 Å². The molecule has 0 aliphatic carbocycles. The lowest BCUT2D eigenvalue weighted by molar-refractivity contribution is -0.159. The zero-order valence-electron chi connectivity index (χ0n) is 14.0. The van der Waals surface area contributed by atoms with Crippen molar-refractivity contribution in [3.05, 3.63) is 34.9 Å². The van der Waals surface area contributed by atoms with E-state index in [4.69, 9.17) is 36.1 Å². The third kappa shape index (κ3) is 8.00. The number of carboxylic acids is 2. The molecule has 1 fully saturated rings. The molecule has 1 atom stereocenters. The lowest BCUT2D eigenvalue weighted by Gasteiger charge is -2.31. The normalized spacial score (nSPS) is 17.1. The molecule has 1 unspecified atom stereocenters. The van der Waals surface area contributed by atoms with Gasteiger partial charge in [-0.15, -0.1) is 0 Å². The summed E-state index contributed by atoms with van der Waals surface area (Å²) in [7, 11) is 0. The minimum atomic E-state index is -1.82. The lowest BCUT2D eigenvalue weighted by Crippen LogP contribution is -2.38. The Labute approximate surface area is 151 Å². The van der Waals surface area contributed by atoms with Crippen LogP contribution >= 0.6 is 11.6 Å². The van der Waals surface area contributed by atoms with Gasteiger partial charge in [0, 0.05) is 18.1 Å². The van der Waals surface area contributed by atoms with Crippen molar-refractivity contribution < 1.29 is 29.3 Å². The number of esters is 1. The van der Waals surface area contributed by atoms with Crippen LogP contribution in [0.2, 0.25) is 5.02 Å². The van der Waals surface area contributed by atoms with Crippen LogP contribution in [-0.4, -0.2) is 52.7 Å². The summed E-state index contributed by atoms with van der Waals surface area (Å²) in [6.45, 7) is 5.02. The van der Waals surface area contributed by atoms with Crippen molar-refractivity contribution in [2.75, 3.05) is 19.7 Å². The van der Waals surface area contributed by atoms with E-state index in [0.29, 0.717) is 6.61 Å². The number of carbonyl (C=O) groups is 3. The first-order valence-electron chi connectivity index (χ1n) is 7.93. The Kier molecular flexibility index (Phi) is 8.94. The highest BCUT2D eigenvalue weighted by molar-refractivity contribution is 6.30. The van der Waals surface area contributed by atoms with Crippen molar-refractivity contribution in [3.63, 3.8) is 0 Å². The van der Waals surface area contributed by atoms with Crippen LogP contribution in [0.1, 0.15) is 25.3 Å². The number of nitrogens with zero attached hydrogens (tertiary/aromatic N) is 1. The molecule has 1 aliphatic heterocycles. The van der Waals surface area contributed by atoms with Gasteiger partial charge in [0.2, 0.25) is 0 Å². The van der Waals surface area contributed by atoms with Gasteiger partial charge in [0.15, 0.2) is 0 Å². The summed E-state index contributed by atoms with van der Waals surface area (Å²) in [5, 5.41) is 15.5. The Balaban J connectivity index is 0.000000450. The summed E-state index contributed by atoms with van der Waals surface area (Å²) in [5.74, 6) is -3.67. The van der Waals surface area contributed by atoms with E-state index in [1.807, 2.05) is 31.2 Å². The van der Waals surface area contributed by atoms with Crippen molar-refractivity contribution in [3.8, 4) is 0 Å². The molecule has 1 aromatic rings. The fraction of sp³-hybridized carbons (Fsp3) is 0.471. The smallest absolute Gasteiger partial charge is 0.414 e. The van der Waals surface area contributed by atoms with Crippen molar-refractivity contribution >= 4 is 29.5 Å².